The third kappa shape index (κ3) is 7.97. The molecular formula is C44H42BrF2N7O5. The molecule has 7 aromatic rings. The Kier molecular flexibility index (Phi) is 12.2. The number of fused-ring (bicyclic) bond motifs is 4. The van der Waals surface area contributed by atoms with Gasteiger partial charge in [0.25, 0.3) is 17.7 Å². The van der Waals surface area contributed by atoms with Crippen LogP contribution in [0.5, 0.6) is 11.5 Å². The van der Waals surface area contributed by atoms with Crippen LogP contribution in [0.3, 0.4) is 0 Å². The molecule has 0 spiro atoms. The Morgan fingerprint density at radius 3 is 1.69 bits per heavy atom. The maximum atomic E-state index is 13.7. The highest BCUT2D eigenvalue weighted by atomic mass is 79.9. The molecule has 9 rings (SSSR count). The fraction of sp³-hybridized carbons (Fsp3) is 0.205. The molecule has 59 heavy (non-hydrogen) atoms. The number of rotatable bonds is 4. The summed E-state index contributed by atoms with van der Waals surface area (Å²) in [7, 11) is 1.59. The van der Waals surface area contributed by atoms with Gasteiger partial charge in [0.1, 0.15) is 36.3 Å². The quantitative estimate of drug-likeness (QED) is 0.188. The molecule has 3 amide bonds. The summed E-state index contributed by atoms with van der Waals surface area (Å²) < 4.78 is 42.5. The highest BCUT2D eigenvalue weighted by Crippen LogP contribution is 2.37. The number of halogens is 3. The van der Waals surface area contributed by atoms with E-state index in [2.05, 4.69) is 31.4 Å². The SMILES string of the molecule is C.C.CC1COc2cc(F)ccc2N1C(=O)c1ccn2ncc(Br)c2c1.CNC(=O)c1ccc(-c2cnn3ccc(C(=O)N4c5ccc(F)cc5OCC4C)cc23)cc1. The Balaban J connectivity index is 0.000000201. The average molecular weight is 867 g/mol. The van der Waals surface area contributed by atoms with Gasteiger partial charge in [0.05, 0.1) is 51.4 Å². The predicted molar refractivity (Wildman–Crippen MR) is 227 cm³/mol. The highest BCUT2D eigenvalue weighted by Gasteiger charge is 2.32. The number of amides is 3. The van der Waals surface area contributed by atoms with Crippen LogP contribution in [0, 0.1) is 11.6 Å². The molecule has 12 nitrogen and oxygen atoms in total. The van der Waals surface area contributed by atoms with Crippen molar-refractivity contribution in [2.45, 2.75) is 40.8 Å². The Labute approximate surface area is 348 Å². The van der Waals surface area contributed by atoms with Gasteiger partial charge < -0.3 is 14.8 Å². The maximum Gasteiger partial charge on any atom is 0.258 e. The molecule has 15 heteroatoms. The molecule has 2 aliphatic rings. The van der Waals surface area contributed by atoms with Crippen molar-refractivity contribution in [3.8, 4) is 22.6 Å². The minimum Gasteiger partial charge on any atom is -0.489 e. The molecule has 6 heterocycles. The lowest BCUT2D eigenvalue weighted by Crippen LogP contribution is -2.45. The normalized spacial score (nSPS) is 15.3. The van der Waals surface area contributed by atoms with Crippen LogP contribution in [-0.4, -0.2) is 69.3 Å². The highest BCUT2D eigenvalue weighted by molar-refractivity contribution is 9.10. The Morgan fingerprint density at radius 2 is 1.17 bits per heavy atom. The Morgan fingerprint density at radius 1 is 0.678 bits per heavy atom. The van der Waals surface area contributed by atoms with E-state index in [1.807, 2.05) is 26.0 Å². The van der Waals surface area contributed by atoms with E-state index in [1.165, 1.54) is 24.3 Å². The second-order valence-electron chi connectivity index (χ2n) is 13.6. The number of hydrogen-bond donors (Lipinski definition) is 1. The van der Waals surface area contributed by atoms with Crippen LogP contribution in [0.2, 0.25) is 0 Å². The van der Waals surface area contributed by atoms with Crippen LogP contribution in [0.15, 0.2) is 114 Å². The number of hydrogen-bond acceptors (Lipinski definition) is 7. The monoisotopic (exact) mass is 865 g/mol. The smallest absolute Gasteiger partial charge is 0.258 e. The molecule has 1 N–H and O–H groups in total. The summed E-state index contributed by atoms with van der Waals surface area (Å²) in [6.07, 6.45) is 6.89. The second kappa shape index (κ2) is 17.1. The van der Waals surface area contributed by atoms with Gasteiger partial charge in [-0.1, -0.05) is 27.0 Å². The molecule has 0 bridgehead atoms. The molecule has 2 aliphatic heterocycles. The molecule has 304 valence electrons. The van der Waals surface area contributed by atoms with Crippen molar-refractivity contribution in [2.75, 3.05) is 30.1 Å². The van der Waals surface area contributed by atoms with E-state index in [-0.39, 0.29) is 57.1 Å². The first-order valence-electron chi connectivity index (χ1n) is 18.0. The number of nitrogens with one attached hydrogen (secondary N) is 1. The largest absolute Gasteiger partial charge is 0.489 e. The first-order chi connectivity index (χ1) is 27.5. The first-order valence-corrected chi connectivity index (χ1v) is 18.7. The van der Waals surface area contributed by atoms with Gasteiger partial charge >= 0.3 is 0 Å². The standard InChI is InChI=1S/C25H21FN4O3.C17H13BrFN3O2.2CH4/c1-15-14-33-23-12-19(26)7-8-21(23)30(15)25(32)18-9-10-29-22(11-18)20(13-28-29)16-3-5-17(6-4-16)24(31)27-2;1-10-9-24-16-7-12(19)2-3-14(16)22(10)17(23)11-4-5-21-15(6-11)13(18)8-20-21;;/h3-13,15H,14H2,1-2H3,(H,27,31);2-8,10H,9H2,1H3;2*1H4. The van der Waals surface area contributed by atoms with Crippen molar-refractivity contribution in [1.82, 2.24) is 24.5 Å². The van der Waals surface area contributed by atoms with E-state index >= 15 is 0 Å². The van der Waals surface area contributed by atoms with Crippen LogP contribution < -0.4 is 24.6 Å². The van der Waals surface area contributed by atoms with E-state index in [9.17, 15) is 23.2 Å². The van der Waals surface area contributed by atoms with Crippen LogP contribution in [0.4, 0.5) is 20.2 Å². The molecule has 3 aromatic carbocycles. The maximum absolute atomic E-state index is 13.7. The number of aromatic nitrogens is 4. The number of ether oxygens (including phenoxy) is 2. The molecule has 0 radical (unpaired) electrons. The average Bonchev–Trinajstić information content (AvgIpc) is 3.83. The molecule has 4 aromatic heterocycles. The lowest BCUT2D eigenvalue weighted by molar-refractivity contribution is 0.0953. The number of carbonyl (C=O) groups excluding carboxylic acids is 3. The fourth-order valence-corrected chi connectivity index (χ4v) is 7.30. The van der Waals surface area contributed by atoms with Crippen LogP contribution >= 0.6 is 15.9 Å². The third-order valence-electron chi connectivity index (χ3n) is 9.82. The summed E-state index contributed by atoms with van der Waals surface area (Å²) in [6.45, 7) is 4.39. The van der Waals surface area contributed by atoms with E-state index in [0.717, 1.165) is 26.6 Å². The van der Waals surface area contributed by atoms with Crippen molar-refractivity contribution in [1.29, 1.82) is 0 Å². The summed E-state index contributed by atoms with van der Waals surface area (Å²) in [5.74, 6) is -0.591. The lowest BCUT2D eigenvalue weighted by atomic mass is 10.0. The van der Waals surface area contributed by atoms with Crippen LogP contribution in [-0.2, 0) is 0 Å². The minimum absolute atomic E-state index is 0. The number of nitrogens with zero attached hydrogens (tertiary/aromatic N) is 6. The van der Waals surface area contributed by atoms with Gasteiger partial charge in [0, 0.05) is 53.8 Å². The van der Waals surface area contributed by atoms with Gasteiger partial charge in [-0.25, -0.2) is 17.8 Å². The van der Waals surface area contributed by atoms with Crippen molar-refractivity contribution in [3.05, 3.63) is 143 Å². The first kappa shape index (κ1) is 42.0. The van der Waals surface area contributed by atoms with E-state index in [0.29, 0.717) is 46.2 Å². The zero-order valence-electron chi connectivity index (χ0n) is 30.8. The van der Waals surface area contributed by atoms with E-state index in [1.54, 1.807) is 99.2 Å². The van der Waals surface area contributed by atoms with Crippen molar-refractivity contribution in [3.63, 3.8) is 0 Å². The molecule has 0 saturated heterocycles. The second-order valence-corrected chi connectivity index (χ2v) is 14.4. The third-order valence-corrected chi connectivity index (χ3v) is 10.4. The van der Waals surface area contributed by atoms with Crippen molar-refractivity contribution < 1.29 is 32.6 Å². The van der Waals surface area contributed by atoms with Crippen molar-refractivity contribution in [2.24, 2.45) is 0 Å². The van der Waals surface area contributed by atoms with Crippen molar-refractivity contribution >= 4 is 56.1 Å². The molecule has 2 unspecified atom stereocenters. The fourth-order valence-electron chi connectivity index (χ4n) is 6.91. The molecule has 0 aliphatic carbocycles. The van der Waals surface area contributed by atoms with Gasteiger partial charge in [-0.3, -0.25) is 24.2 Å². The van der Waals surface area contributed by atoms with Gasteiger partial charge in [0.2, 0.25) is 0 Å². The topological polar surface area (TPSA) is 123 Å². The molecule has 0 saturated carbocycles. The zero-order chi connectivity index (χ0) is 40.0. The number of benzene rings is 3. The van der Waals surface area contributed by atoms with Gasteiger partial charge in [-0.2, -0.15) is 10.2 Å². The molecular weight excluding hydrogens is 824 g/mol. The number of pyridine rings is 2. The minimum atomic E-state index is -0.413. The Hall–Kier alpha value is -6.61. The summed E-state index contributed by atoms with van der Waals surface area (Å²) in [4.78, 5) is 41.7. The van der Waals surface area contributed by atoms with Gasteiger partial charge in [0.15, 0.2) is 0 Å². The van der Waals surface area contributed by atoms with E-state index < -0.39 is 5.82 Å². The Bertz CT molecular complexity index is 2700. The molecule has 0 fully saturated rings. The lowest BCUT2D eigenvalue weighted by Gasteiger charge is -2.35. The zero-order valence-corrected chi connectivity index (χ0v) is 32.4. The van der Waals surface area contributed by atoms with Crippen LogP contribution in [0.1, 0.15) is 59.8 Å². The number of carbonyl (C=O) groups is 3. The molecule has 2 atom stereocenters. The predicted octanol–water partition coefficient (Wildman–Crippen LogP) is 8.86. The van der Waals surface area contributed by atoms with E-state index in [4.69, 9.17) is 9.47 Å². The summed E-state index contributed by atoms with van der Waals surface area (Å²) in [6, 6.07) is 22.2. The van der Waals surface area contributed by atoms with Crippen LogP contribution in [0.25, 0.3) is 22.2 Å². The summed E-state index contributed by atoms with van der Waals surface area (Å²) >= 11 is 3.42. The summed E-state index contributed by atoms with van der Waals surface area (Å²) in [5, 5.41) is 11.2. The summed E-state index contributed by atoms with van der Waals surface area (Å²) in [5.41, 5.74) is 5.97. The number of anilines is 2. The van der Waals surface area contributed by atoms with Gasteiger partial charge in [-0.05, 0) is 96.0 Å². The van der Waals surface area contributed by atoms with Gasteiger partial charge in [-0.15, -0.1) is 0 Å².